The molecular formula is C9H12BrNO. The van der Waals surface area contributed by atoms with Crippen molar-refractivity contribution in [2.24, 2.45) is 5.73 Å². The first-order chi connectivity index (χ1) is 5.66. The van der Waals surface area contributed by atoms with Crippen molar-refractivity contribution in [3.05, 3.63) is 28.2 Å². The molecule has 1 aromatic rings. The van der Waals surface area contributed by atoms with E-state index < -0.39 is 0 Å². The Bertz CT molecular complexity index is 255. The predicted molar refractivity (Wildman–Crippen MR) is 53.3 cm³/mol. The van der Waals surface area contributed by atoms with Gasteiger partial charge in [0.15, 0.2) is 0 Å². The Labute approximate surface area is 80.5 Å². The van der Waals surface area contributed by atoms with Crippen LogP contribution in [0.5, 0.6) is 5.75 Å². The highest BCUT2D eigenvalue weighted by Gasteiger charge is 2.11. The van der Waals surface area contributed by atoms with E-state index in [2.05, 4.69) is 15.9 Å². The largest absolute Gasteiger partial charge is 0.508 e. The summed E-state index contributed by atoms with van der Waals surface area (Å²) in [6, 6.07) is 5.37. The van der Waals surface area contributed by atoms with Gasteiger partial charge in [-0.3, -0.25) is 0 Å². The van der Waals surface area contributed by atoms with Gasteiger partial charge in [0.05, 0.1) is 0 Å². The van der Waals surface area contributed by atoms with Gasteiger partial charge < -0.3 is 10.8 Å². The molecule has 0 saturated heterocycles. The molecule has 0 saturated carbocycles. The molecule has 0 bridgehead atoms. The van der Waals surface area contributed by atoms with Gasteiger partial charge in [0.2, 0.25) is 0 Å². The zero-order valence-corrected chi connectivity index (χ0v) is 8.51. The molecular weight excluding hydrogens is 218 g/mol. The zero-order valence-electron chi connectivity index (χ0n) is 6.92. The smallest absolute Gasteiger partial charge is 0.120 e. The minimum atomic E-state index is 0.181. The lowest BCUT2D eigenvalue weighted by molar-refractivity contribution is 0.462. The first kappa shape index (κ1) is 9.55. The lowest BCUT2D eigenvalue weighted by atomic mass is 10.0. The first-order valence-electron chi connectivity index (χ1n) is 3.84. The summed E-state index contributed by atoms with van der Waals surface area (Å²) in [4.78, 5) is 0. The normalized spacial score (nSPS) is 12.9. The van der Waals surface area contributed by atoms with Crippen LogP contribution in [0.1, 0.15) is 18.4 Å². The fourth-order valence-electron chi connectivity index (χ4n) is 1.13. The summed E-state index contributed by atoms with van der Waals surface area (Å²) in [5.74, 6) is 0.489. The molecule has 0 radical (unpaired) electrons. The van der Waals surface area contributed by atoms with Crippen LogP contribution in [0.2, 0.25) is 0 Å². The molecule has 0 heterocycles. The zero-order chi connectivity index (χ0) is 9.14. The number of hydrogen-bond acceptors (Lipinski definition) is 2. The van der Waals surface area contributed by atoms with Crippen molar-refractivity contribution < 1.29 is 5.11 Å². The standard InChI is InChI=1S/C9H12BrNO/c1-6(5-11)9-7(10)3-2-4-8(9)12/h2-4,6,12H,5,11H2,1H3. The second-order valence-corrected chi connectivity index (χ2v) is 3.66. The van der Waals surface area contributed by atoms with Crippen LogP contribution >= 0.6 is 15.9 Å². The summed E-state index contributed by atoms with van der Waals surface area (Å²) >= 11 is 3.37. The minimum Gasteiger partial charge on any atom is -0.508 e. The van der Waals surface area contributed by atoms with Crippen molar-refractivity contribution in [3.8, 4) is 5.75 Å². The second-order valence-electron chi connectivity index (χ2n) is 2.81. The molecule has 3 heteroatoms. The van der Waals surface area contributed by atoms with Crippen LogP contribution in [0.4, 0.5) is 0 Å². The topological polar surface area (TPSA) is 46.2 Å². The number of phenolic OH excluding ortho intramolecular Hbond substituents is 1. The van der Waals surface area contributed by atoms with Crippen molar-refractivity contribution in [2.75, 3.05) is 6.54 Å². The number of nitrogens with two attached hydrogens (primary N) is 1. The molecule has 1 unspecified atom stereocenters. The van der Waals surface area contributed by atoms with Crippen LogP contribution in [-0.4, -0.2) is 11.7 Å². The lowest BCUT2D eigenvalue weighted by Crippen LogP contribution is -2.09. The van der Waals surface area contributed by atoms with Crippen molar-refractivity contribution in [1.82, 2.24) is 0 Å². The molecule has 0 aliphatic carbocycles. The summed E-state index contributed by atoms with van der Waals surface area (Å²) in [5.41, 5.74) is 6.40. The Kier molecular flexibility index (Phi) is 3.12. The van der Waals surface area contributed by atoms with Crippen LogP contribution in [0.25, 0.3) is 0 Å². The summed E-state index contributed by atoms with van der Waals surface area (Å²) < 4.78 is 0.917. The molecule has 0 aromatic heterocycles. The molecule has 2 nitrogen and oxygen atoms in total. The predicted octanol–water partition coefficient (Wildman–Crippen LogP) is 2.22. The van der Waals surface area contributed by atoms with E-state index in [0.717, 1.165) is 10.0 Å². The van der Waals surface area contributed by atoms with Gasteiger partial charge in [0.1, 0.15) is 5.75 Å². The average Bonchev–Trinajstić information content (AvgIpc) is 2.03. The maximum atomic E-state index is 9.51. The third-order valence-corrected chi connectivity index (χ3v) is 2.57. The van der Waals surface area contributed by atoms with Gasteiger partial charge in [-0.1, -0.05) is 28.9 Å². The van der Waals surface area contributed by atoms with E-state index in [4.69, 9.17) is 5.73 Å². The van der Waals surface area contributed by atoms with Gasteiger partial charge in [0.25, 0.3) is 0 Å². The molecule has 0 aliphatic rings. The molecule has 1 atom stereocenters. The van der Waals surface area contributed by atoms with E-state index in [0.29, 0.717) is 12.3 Å². The number of benzene rings is 1. The van der Waals surface area contributed by atoms with E-state index in [1.165, 1.54) is 0 Å². The Balaban J connectivity index is 3.12. The summed E-state index contributed by atoms with van der Waals surface area (Å²) in [6.07, 6.45) is 0. The van der Waals surface area contributed by atoms with Gasteiger partial charge in [-0.2, -0.15) is 0 Å². The Morgan fingerprint density at radius 3 is 2.75 bits per heavy atom. The Morgan fingerprint density at radius 1 is 1.58 bits per heavy atom. The number of hydrogen-bond donors (Lipinski definition) is 2. The number of phenols is 1. The molecule has 12 heavy (non-hydrogen) atoms. The van der Waals surface area contributed by atoms with Crippen LogP contribution < -0.4 is 5.73 Å². The van der Waals surface area contributed by atoms with Crippen molar-refractivity contribution in [3.63, 3.8) is 0 Å². The van der Waals surface area contributed by atoms with Crippen LogP contribution in [-0.2, 0) is 0 Å². The monoisotopic (exact) mass is 229 g/mol. The van der Waals surface area contributed by atoms with E-state index in [9.17, 15) is 5.11 Å². The fraction of sp³-hybridized carbons (Fsp3) is 0.333. The molecule has 66 valence electrons. The molecule has 0 aliphatic heterocycles. The van der Waals surface area contributed by atoms with E-state index in [-0.39, 0.29) is 5.92 Å². The van der Waals surface area contributed by atoms with Crippen molar-refractivity contribution >= 4 is 15.9 Å². The van der Waals surface area contributed by atoms with Crippen LogP contribution in [0.3, 0.4) is 0 Å². The van der Waals surface area contributed by atoms with Crippen LogP contribution in [0.15, 0.2) is 22.7 Å². The molecule has 0 fully saturated rings. The minimum absolute atomic E-state index is 0.181. The van der Waals surface area contributed by atoms with Crippen molar-refractivity contribution in [1.29, 1.82) is 0 Å². The first-order valence-corrected chi connectivity index (χ1v) is 4.63. The second kappa shape index (κ2) is 3.92. The third kappa shape index (κ3) is 1.79. The fourth-order valence-corrected chi connectivity index (χ4v) is 1.88. The molecule has 3 N–H and O–H groups in total. The third-order valence-electron chi connectivity index (χ3n) is 1.88. The maximum absolute atomic E-state index is 9.51. The van der Waals surface area contributed by atoms with Crippen LogP contribution in [0, 0.1) is 0 Å². The Hall–Kier alpha value is -0.540. The Morgan fingerprint density at radius 2 is 2.25 bits per heavy atom. The van der Waals surface area contributed by atoms with E-state index in [1.807, 2.05) is 13.0 Å². The molecule has 1 aromatic carbocycles. The maximum Gasteiger partial charge on any atom is 0.120 e. The van der Waals surface area contributed by atoms with E-state index >= 15 is 0 Å². The SMILES string of the molecule is CC(CN)c1c(O)cccc1Br. The summed E-state index contributed by atoms with van der Waals surface area (Å²) in [5, 5.41) is 9.51. The quantitative estimate of drug-likeness (QED) is 0.818. The van der Waals surface area contributed by atoms with Gasteiger partial charge >= 0.3 is 0 Å². The number of aromatic hydroxyl groups is 1. The lowest BCUT2D eigenvalue weighted by Gasteiger charge is -2.12. The summed E-state index contributed by atoms with van der Waals surface area (Å²) in [6.45, 7) is 2.52. The van der Waals surface area contributed by atoms with E-state index in [1.54, 1.807) is 12.1 Å². The summed E-state index contributed by atoms with van der Waals surface area (Å²) in [7, 11) is 0. The molecule has 0 spiro atoms. The number of halogens is 1. The van der Waals surface area contributed by atoms with Gasteiger partial charge in [-0.05, 0) is 24.6 Å². The van der Waals surface area contributed by atoms with Gasteiger partial charge in [-0.25, -0.2) is 0 Å². The average molecular weight is 230 g/mol. The highest BCUT2D eigenvalue weighted by Crippen LogP contribution is 2.31. The van der Waals surface area contributed by atoms with Gasteiger partial charge in [-0.15, -0.1) is 0 Å². The molecule has 0 amide bonds. The molecule has 1 rings (SSSR count). The van der Waals surface area contributed by atoms with Gasteiger partial charge in [0, 0.05) is 10.0 Å². The highest BCUT2D eigenvalue weighted by molar-refractivity contribution is 9.10. The van der Waals surface area contributed by atoms with Crippen molar-refractivity contribution in [2.45, 2.75) is 12.8 Å². The highest BCUT2D eigenvalue weighted by atomic mass is 79.9. The number of rotatable bonds is 2.